The van der Waals surface area contributed by atoms with Crippen LogP contribution < -0.4 is 5.32 Å². The van der Waals surface area contributed by atoms with Gasteiger partial charge in [0.2, 0.25) is 5.95 Å². The average Bonchev–Trinajstić information content (AvgIpc) is 2.74. The van der Waals surface area contributed by atoms with Crippen LogP contribution in [0.2, 0.25) is 0 Å². The van der Waals surface area contributed by atoms with E-state index in [1.54, 1.807) is 6.20 Å². The minimum absolute atomic E-state index is 0.122. The van der Waals surface area contributed by atoms with E-state index in [1.807, 2.05) is 20.8 Å². The molecule has 2 N–H and O–H groups in total. The SMILES string of the molecule is Cc1cnc(NC(C)c2c(C)noc2C)[nH]1. The molecular weight excluding hydrogens is 204 g/mol. The first kappa shape index (κ1) is 10.7. The molecule has 0 aliphatic carbocycles. The Balaban J connectivity index is 2.17. The normalized spacial score (nSPS) is 12.8. The van der Waals surface area contributed by atoms with Crippen molar-refractivity contribution in [2.45, 2.75) is 33.7 Å². The highest BCUT2D eigenvalue weighted by molar-refractivity contribution is 5.35. The number of aromatic amines is 1. The zero-order valence-corrected chi connectivity index (χ0v) is 9.96. The molecule has 1 unspecified atom stereocenters. The molecule has 2 aromatic rings. The second-order valence-electron chi connectivity index (χ2n) is 4.02. The molecule has 0 aliphatic rings. The molecule has 5 heteroatoms. The van der Waals surface area contributed by atoms with Crippen molar-refractivity contribution in [2.24, 2.45) is 0 Å². The van der Waals surface area contributed by atoms with Crippen molar-refractivity contribution in [3.05, 3.63) is 28.9 Å². The zero-order chi connectivity index (χ0) is 11.7. The summed E-state index contributed by atoms with van der Waals surface area (Å²) in [5.41, 5.74) is 3.04. The van der Waals surface area contributed by atoms with Gasteiger partial charge >= 0.3 is 0 Å². The lowest BCUT2D eigenvalue weighted by Gasteiger charge is -2.12. The van der Waals surface area contributed by atoms with E-state index in [9.17, 15) is 0 Å². The van der Waals surface area contributed by atoms with E-state index in [2.05, 4.69) is 27.4 Å². The summed E-state index contributed by atoms with van der Waals surface area (Å²) in [6.45, 7) is 7.89. The first-order valence-electron chi connectivity index (χ1n) is 5.29. The second kappa shape index (κ2) is 4.00. The van der Waals surface area contributed by atoms with Crippen LogP contribution in [0.25, 0.3) is 0 Å². The minimum Gasteiger partial charge on any atom is -0.361 e. The lowest BCUT2D eigenvalue weighted by molar-refractivity contribution is 0.392. The summed E-state index contributed by atoms with van der Waals surface area (Å²) < 4.78 is 5.14. The molecule has 0 aliphatic heterocycles. The lowest BCUT2D eigenvalue weighted by Crippen LogP contribution is -2.09. The van der Waals surface area contributed by atoms with E-state index >= 15 is 0 Å². The van der Waals surface area contributed by atoms with Crippen LogP contribution in [0.5, 0.6) is 0 Å². The van der Waals surface area contributed by atoms with Gasteiger partial charge in [0.25, 0.3) is 0 Å². The molecule has 0 saturated heterocycles. The fourth-order valence-corrected chi connectivity index (χ4v) is 1.87. The van der Waals surface area contributed by atoms with Crippen LogP contribution >= 0.6 is 0 Å². The van der Waals surface area contributed by atoms with E-state index in [0.717, 1.165) is 28.7 Å². The van der Waals surface area contributed by atoms with Gasteiger partial charge in [-0.3, -0.25) is 0 Å². The van der Waals surface area contributed by atoms with Crippen LogP contribution in [0, 0.1) is 20.8 Å². The Bertz CT molecular complexity index is 466. The minimum atomic E-state index is 0.122. The van der Waals surface area contributed by atoms with Gasteiger partial charge in [-0.25, -0.2) is 4.98 Å². The van der Waals surface area contributed by atoms with Gasteiger partial charge in [-0.15, -0.1) is 0 Å². The number of aromatic nitrogens is 3. The third kappa shape index (κ3) is 1.93. The first-order chi connectivity index (χ1) is 7.58. The second-order valence-corrected chi connectivity index (χ2v) is 4.02. The molecule has 2 aromatic heterocycles. The number of anilines is 1. The van der Waals surface area contributed by atoms with Crippen molar-refractivity contribution >= 4 is 5.95 Å². The number of hydrogen-bond acceptors (Lipinski definition) is 4. The van der Waals surface area contributed by atoms with Crippen LogP contribution in [0.4, 0.5) is 5.95 Å². The Labute approximate surface area is 94.3 Å². The van der Waals surface area contributed by atoms with Gasteiger partial charge in [-0.05, 0) is 27.7 Å². The Hall–Kier alpha value is -1.78. The maximum absolute atomic E-state index is 5.14. The topological polar surface area (TPSA) is 66.7 Å². The van der Waals surface area contributed by atoms with Gasteiger partial charge in [-0.1, -0.05) is 5.16 Å². The largest absolute Gasteiger partial charge is 0.361 e. The van der Waals surface area contributed by atoms with Crippen molar-refractivity contribution in [1.82, 2.24) is 15.1 Å². The molecule has 2 heterocycles. The van der Waals surface area contributed by atoms with E-state index in [1.165, 1.54) is 0 Å². The lowest BCUT2D eigenvalue weighted by atomic mass is 10.1. The van der Waals surface area contributed by atoms with Gasteiger partial charge in [0.1, 0.15) is 5.76 Å². The van der Waals surface area contributed by atoms with Crippen LogP contribution in [0.3, 0.4) is 0 Å². The summed E-state index contributed by atoms with van der Waals surface area (Å²) in [6, 6.07) is 0.122. The molecule has 0 radical (unpaired) electrons. The van der Waals surface area contributed by atoms with Crippen LogP contribution in [0.15, 0.2) is 10.7 Å². The number of hydrogen-bond donors (Lipinski definition) is 2. The molecule has 1 atom stereocenters. The zero-order valence-electron chi connectivity index (χ0n) is 9.96. The van der Waals surface area contributed by atoms with Crippen LogP contribution in [-0.4, -0.2) is 15.1 Å². The van der Waals surface area contributed by atoms with Gasteiger partial charge in [0.05, 0.1) is 11.7 Å². The molecule has 0 spiro atoms. The molecule has 2 rings (SSSR count). The highest BCUT2D eigenvalue weighted by Gasteiger charge is 2.16. The monoisotopic (exact) mass is 220 g/mol. The van der Waals surface area contributed by atoms with Gasteiger partial charge in [0.15, 0.2) is 0 Å². The number of nitrogens with one attached hydrogen (secondary N) is 2. The van der Waals surface area contributed by atoms with Crippen molar-refractivity contribution in [3.63, 3.8) is 0 Å². The molecule has 86 valence electrons. The molecule has 16 heavy (non-hydrogen) atoms. The van der Waals surface area contributed by atoms with Gasteiger partial charge in [-0.2, -0.15) is 0 Å². The maximum atomic E-state index is 5.14. The van der Waals surface area contributed by atoms with Crippen molar-refractivity contribution in [2.75, 3.05) is 5.32 Å². The van der Waals surface area contributed by atoms with E-state index in [4.69, 9.17) is 4.52 Å². The Kier molecular flexibility index (Phi) is 2.68. The molecule has 5 nitrogen and oxygen atoms in total. The smallest absolute Gasteiger partial charge is 0.200 e. The van der Waals surface area contributed by atoms with Crippen LogP contribution in [-0.2, 0) is 0 Å². The predicted molar refractivity (Wildman–Crippen MR) is 61.3 cm³/mol. The maximum Gasteiger partial charge on any atom is 0.200 e. The standard InChI is InChI=1S/C11H16N4O/c1-6-5-12-11(13-6)14-7(2)10-8(3)15-16-9(10)4/h5,7H,1-4H3,(H2,12,13,14). The predicted octanol–water partition coefficient (Wildman–Crippen LogP) is 2.50. The molecule has 0 saturated carbocycles. The van der Waals surface area contributed by atoms with Gasteiger partial charge < -0.3 is 14.8 Å². The number of aryl methyl sites for hydroxylation is 3. The van der Waals surface area contributed by atoms with Crippen molar-refractivity contribution in [1.29, 1.82) is 0 Å². The van der Waals surface area contributed by atoms with Crippen molar-refractivity contribution in [3.8, 4) is 0 Å². The number of H-pyrrole nitrogens is 1. The molecule has 0 aromatic carbocycles. The summed E-state index contributed by atoms with van der Waals surface area (Å²) in [5.74, 6) is 1.62. The molecule has 0 bridgehead atoms. The molecular formula is C11H16N4O. The summed E-state index contributed by atoms with van der Waals surface area (Å²) in [6.07, 6.45) is 1.79. The van der Waals surface area contributed by atoms with E-state index in [-0.39, 0.29) is 6.04 Å². The first-order valence-corrected chi connectivity index (χ1v) is 5.29. The Morgan fingerprint density at radius 1 is 1.38 bits per heavy atom. The molecule has 0 amide bonds. The number of nitrogens with zero attached hydrogens (tertiary/aromatic N) is 2. The van der Waals surface area contributed by atoms with E-state index < -0.39 is 0 Å². The summed E-state index contributed by atoms with van der Waals surface area (Å²) in [5, 5.41) is 7.22. The summed E-state index contributed by atoms with van der Waals surface area (Å²) in [4.78, 5) is 7.34. The third-order valence-electron chi connectivity index (χ3n) is 2.58. The van der Waals surface area contributed by atoms with Crippen LogP contribution in [0.1, 0.15) is 35.7 Å². The molecule has 0 fully saturated rings. The highest BCUT2D eigenvalue weighted by Crippen LogP contribution is 2.23. The van der Waals surface area contributed by atoms with Gasteiger partial charge in [0, 0.05) is 17.5 Å². The number of rotatable bonds is 3. The summed E-state index contributed by atoms with van der Waals surface area (Å²) >= 11 is 0. The van der Waals surface area contributed by atoms with E-state index in [0.29, 0.717) is 0 Å². The Morgan fingerprint density at radius 2 is 2.12 bits per heavy atom. The quantitative estimate of drug-likeness (QED) is 0.834. The third-order valence-corrected chi connectivity index (χ3v) is 2.58. The fraction of sp³-hybridized carbons (Fsp3) is 0.455. The highest BCUT2D eigenvalue weighted by atomic mass is 16.5. The fourth-order valence-electron chi connectivity index (χ4n) is 1.87. The van der Waals surface area contributed by atoms with Crippen molar-refractivity contribution < 1.29 is 4.52 Å². The number of imidazole rings is 1. The Morgan fingerprint density at radius 3 is 2.62 bits per heavy atom. The summed E-state index contributed by atoms with van der Waals surface area (Å²) in [7, 11) is 0. The average molecular weight is 220 g/mol.